The first-order valence-corrected chi connectivity index (χ1v) is 8.79. The van der Waals surface area contributed by atoms with Crippen LogP contribution in [-0.2, 0) is 10.3 Å². The number of nitrogens with one attached hydrogen (secondary N) is 1. The largest absolute Gasteiger partial charge is 0.496 e. The molecule has 0 aliphatic rings. The number of rotatable bonds is 6. The van der Waals surface area contributed by atoms with Crippen molar-refractivity contribution >= 4 is 10.8 Å². The lowest BCUT2D eigenvalue weighted by Crippen LogP contribution is -2.33. The highest BCUT2D eigenvalue weighted by molar-refractivity contribution is 5.89. The Balaban J connectivity index is 2.21. The van der Waals surface area contributed by atoms with Gasteiger partial charge in [-0.25, -0.2) is 4.98 Å². The van der Waals surface area contributed by atoms with Crippen LogP contribution in [-0.4, -0.2) is 29.3 Å². The molecule has 138 valence electrons. The van der Waals surface area contributed by atoms with E-state index in [1.54, 1.807) is 26.7 Å². The number of benzene rings is 2. The molecule has 1 aromatic heterocycles. The van der Waals surface area contributed by atoms with Crippen molar-refractivity contribution in [3.8, 4) is 5.75 Å². The molecule has 2 N–H and O–H groups in total. The maximum Gasteiger partial charge on any atom is 0.135 e. The third kappa shape index (κ3) is 2.87. The van der Waals surface area contributed by atoms with Crippen LogP contribution >= 0.6 is 0 Å². The molecule has 0 bridgehead atoms. The predicted octanol–water partition coefficient (Wildman–Crippen LogP) is 4.17. The summed E-state index contributed by atoms with van der Waals surface area (Å²) in [6.07, 6.45) is 3.23. The van der Waals surface area contributed by atoms with Gasteiger partial charge in [0.25, 0.3) is 0 Å². The molecular formula is C21H26N2O3. The first kappa shape index (κ1) is 18.4. The number of methoxy groups -OCH3 is 2. The van der Waals surface area contributed by atoms with Crippen molar-refractivity contribution < 1.29 is 14.6 Å². The Kier molecular flexibility index (Phi) is 5.03. The van der Waals surface area contributed by atoms with Crippen molar-refractivity contribution in [2.45, 2.75) is 32.5 Å². The lowest BCUT2D eigenvalue weighted by Gasteiger charge is -2.31. The number of hydrogen-bond acceptors (Lipinski definition) is 4. The molecule has 0 spiro atoms. The number of H-pyrrole nitrogens is 1. The molecule has 3 rings (SSSR count). The third-order valence-electron chi connectivity index (χ3n) is 5.17. The first-order chi connectivity index (χ1) is 12.4. The summed E-state index contributed by atoms with van der Waals surface area (Å²) in [5.74, 6) is 0.755. The number of ether oxygens (including phenoxy) is 2. The van der Waals surface area contributed by atoms with Gasteiger partial charge in [-0.2, -0.15) is 0 Å². The van der Waals surface area contributed by atoms with E-state index in [4.69, 9.17) is 9.47 Å². The molecule has 1 heterocycles. The number of nitrogens with zero attached hydrogens (tertiary/aromatic N) is 1. The standard InChI is InChI=1S/C21H26N2O3/c1-13(2)21(24,19-11-22-12-23-19)16-7-8-17-15(10-16)6-9-18(26-5)20(17)14(3)25-4/h6-14,24H,1-5H3,(H,22,23). The summed E-state index contributed by atoms with van der Waals surface area (Å²) in [6, 6.07) is 9.96. The zero-order valence-electron chi connectivity index (χ0n) is 15.9. The van der Waals surface area contributed by atoms with Crippen LogP contribution in [0.3, 0.4) is 0 Å². The van der Waals surface area contributed by atoms with Gasteiger partial charge < -0.3 is 19.6 Å². The quantitative estimate of drug-likeness (QED) is 0.697. The Morgan fingerprint density at radius 2 is 1.88 bits per heavy atom. The Bertz CT molecular complexity index is 890. The highest BCUT2D eigenvalue weighted by atomic mass is 16.5. The van der Waals surface area contributed by atoms with Crippen LogP contribution in [0, 0.1) is 5.92 Å². The number of hydrogen-bond donors (Lipinski definition) is 2. The summed E-state index contributed by atoms with van der Waals surface area (Å²) in [5, 5.41) is 13.5. The van der Waals surface area contributed by atoms with E-state index in [9.17, 15) is 5.11 Å². The molecule has 2 unspecified atom stereocenters. The van der Waals surface area contributed by atoms with E-state index >= 15 is 0 Å². The van der Waals surface area contributed by atoms with Crippen LogP contribution < -0.4 is 4.74 Å². The smallest absolute Gasteiger partial charge is 0.135 e. The summed E-state index contributed by atoms with van der Waals surface area (Å²) in [5.41, 5.74) is 1.27. The maximum absolute atomic E-state index is 11.5. The van der Waals surface area contributed by atoms with Crippen molar-refractivity contribution in [1.29, 1.82) is 0 Å². The zero-order chi connectivity index (χ0) is 18.9. The molecule has 5 heteroatoms. The SMILES string of the molecule is COc1ccc2cc(C(O)(c3c[nH]cn3)C(C)C)ccc2c1C(C)OC. The van der Waals surface area contributed by atoms with Gasteiger partial charge in [-0.1, -0.05) is 32.0 Å². The Labute approximate surface area is 154 Å². The zero-order valence-corrected chi connectivity index (χ0v) is 15.9. The van der Waals surface area contributed by atoms with Gasteiger partial charge in [0.15, 0.2) is 0 Å². The van der Waals surface area contributed by atoms with Crippen molar-refractivity contribution in [2.24, 2.45) is 5.92 Å². The van der Waals surface area contributed by atoms with Crippen LogP contribution in [0.4, 0.5) is 0 Å². The van der Waals surface area contributed by atoms with Crippen LogP contribution in [0.25, 0.3) is 10.8 Å². The fourth-order valence-electron chi connectivity index (χ4n) is 3.53. The maximum atomic E-state index is 11.5. The number of imidazole rings is 1. The Hall–Kier alpha value is -2.37. The van der Waals surface area contributed by atoms with E-state index in [-0.39, 0.29) is 12.0 Å². The molecule has 0 aliphatic heterocycles. The Morgan fingerprint density at radius 1 is 1.12 bits per heavy atom. The minimum absolute atomic E-state index is 0.0427. The molecule has 0 aliphatic carbocycles. The molecule has 5 nitrogen and oxygen atoms in total. The van der Waals surface area contributed by atoms with Crippen LogP contribution in [0.5, 0.6) is 5.75 Å². The molecule has 0 saturated heterocycles. The number of aromatic nitrogens is 2. The van der Waals surface area contributed by atoms with Crippen molar-refractivity contribution in [2.75, 3.05) is 14.2 Å². The number of aromatic amines is 1. The van der Waals surface area contributed by atoms with Gasteiger partial charge in [0.05, 0.1) is 25.2 Å². The fourth-order valence-corrected chi connectivity index (χ4v) is 3.53. The lowest BCUT2D eigenvalue weighted by atomic mass is 9.80. The summed E-state index contributed by atoms with van der Waals surface area (Å²) < 4.78 is 11.1. The highest BCUT2D eigenvalue weighted by Gasteiger charge is 2.37. The molecule has 3 aromatic rings. The monoisotopic (exact) mass is 354 g/mol. The van der Waals surface area contributed by atoms with E-state index in [0.717, 1.165) is 27.6 Å². The minimum atomic E-state index is -1.17. The normalized spacial score (nSPS) is 15.2. The molecule has 2 atom stereocenters. The van der Waals surface area contributed by atoms with E-state index in [1.807, 2.05) is 51.1 Å². The number of fused-ring (bicyclic) bond motifs is 1. The molecule has 0 amide bonds. The van der Waals surface area contributed by atoms with Crippen LogP contribution in [0.15, 0.2) is 42.9 Å². The molecular weight excluding hydrogens is 328 g/mol. The predicted molar refractivity (Wildman–Crippen MR) is 102 cm³/mol. The summed E-state index contributed by atoms with van der Waals surface area (Å²) in [6.45, 7) is 5.98. The van der Waals surface area contributed by atoms with Gasteiger partial charge in [-0.05, 0) is 41.3 Å². The second kappa shape index (κ2) is 7.09. The Morgan fingerprint density at radius 3 is 2.46 bits per heavy atom. The third-order valence-corrected chi connectivity index (χ3v) is 5.17. The van der Waals surface area contributed by atoms with Crippen LogP contribution in [0.1, 0.15) is 43.7 Å². The summed E-state index contributed by atoms with van der Waals surface area (Å²) >= 11 is 0. The van der Waals surface area contributed by atoms with Gasteiger partial charge >= 0.3 is 0 Å². The van der Waals surface area contributed by atoms with Gasteiger partial charge in [0.1, 0.15) is 11.4 Å². The van der Waals surface area contributed by atoms with Crippen molar-refractivity contribution in [1.82, 2.24) is 9.97 Å². The highest BCUT2D eigenvalue weighted by Crippen LogP contribution is 2.39. The van der Waals surface area contributed by atoms with E-state index < -0.39 is 5.60 Å². The fraction of sp³-hybridized carbons (Fsp3) is 0.381. The van der Waals surface area contributed by atoms with E-state index in [2.05, 4.69) is 9.97 Å². The van der Waals surface area contributed by atoms with E-state index in [1.165, 1.54) is 0 Å². The van der Waals surface area contributed by atoms with Crippen molar-refractivity contribution in [3.05, 3.63) is 59.7 Å². The van der Waals surface area contributed by atoms with Gasteiger partial charge in [-0.3, -0.25) is 0 Å². The molecule has 0 fully saturated rings. The van der Waals surface area contributed by atoms with Gasteiger partial charge in [0, 0.05) is 18.9 Å². The average Bonchev–Trinajstić information content (AvgIpc) is 3.20. The molecule has 26 heavy (non-hydrogen) atoms. The summed E-state index contributed by atoms with van der Waals surface area (Å²) in [4.78, 5) is 7.25. The first-order valence-electron chi connectivity index (χ1n) is 8.79. The minimum Gasteiger partial charge on any atom is -0.496 e. The molecule has 0 saturated carbocycles. The average molecular weight is 354 g/mol. The van der Waals surface area contributed by atoms with E-state index in [0.29, 0.717) is 5.69 Å². The second-order valence-electron chi connectivity index (χ2n) is 6.87. The molecule has 2 aromatic carbocycles. The summed E-state index contributed by atoms with van der Waals surface area (Å²) in [7, 11) is 3.35. The van der Waals surface area contributed by atoms with Crippen molar-refractivity contribution in [3.63, 3.8) is 0 Å². The topological polar surface area (TPSA) is 67.4 Å². The number of aliphatic hydroxyl groups is 1. The molecule has 0 radical (unpaired) electrons. The van der Waals surface area contributed by atoms with Gasteiger partial charge in [-0.15, -0.1) is 0 Å². The van der Waals surface area contributed by atoms with Gasteiger partial charge in [0.2, 0.25) is 0 Å². The van der Waals surface area contributed by atoms with Crippen LogP contribution in [0.2, 0.25) is 0 Å². The second-order valence-corrected chi connectivity index (χ2v) is 6.87. The lowest BCUT2D eigenvalue weighted by molar-refractivity contribution is 0.0280.